The van der Waals surface area contributed by atoms with Crippen LogP contribution in [0.4, 0.5) is 5.95 Å². The van der Waals surface area contributed by atoms with Crippen molar-refractivity contribution in [3.05, 3.63) is 52.1 Å². The number of nitrogen functional groups attached to an aromatic ring is 1. The van der Waals surface area contributed by atoms with Crippen LogP contribution in [0.2, 0.25) is 0 Å². The number of nitrogens with zero attached hydrogens (tertiary/aromatic N) is 3. The van der Waals surface area contributed by atoms with Gasteiger partial charge in [-0.2, -0.15) is 13.6 Å². The molecule has 1 fully saturated rings. The monoisotopic (exact) mass is 717 g/mol. The lowest BCUT2D eigenvalue weighted by Gasteiger charge is -2.22. The summed E-state index contributed by atoms with van der Waals surface area (Å²) in [5, 5.41) is -0.102. The van der Waals surface area contributed by atoms with Crippen LogP contribution < -0.4 is 11.3 Å². The average molecular weight is 718 g/mol. The first-order chi connectivity index (χ1) is 20.5. The normalized spacial score (nSPS) is 22.4. The molecule has 1 aliphatic heterocycles. The summed E-state index contributed by atoms with van der Waals surface area (Å²) in [5.41, 5.74) is 5.88. The lowest BCUT2D eigenvalue weighted by Crippen LogP contribution is -2.31. The van der Waals surface area contributed by atoms with Crippen molar-refractivity contribution in [3.8, 4) is 0 Å². The van der Waals surface area contributed by atoms with Crippen LogP contribution in [0.15, 0.2) is 35.4 Å². The SMILES string of the molecule is CSSC(C)c1ccccc1C(=O)OC1C[C@H](n2cnc3c(=O)[nH]c(N)nc32)O[C@@H]1COP(=O)(O)OP(=O)(O)OP(=O)(O)O. The van der Waals surface area contributed by atoms with E-state index in [9.17, 15) is 33.1 Å². The Hall–Kier alpha value is -2.09. The predicted molar refractivity (Wildman–Crippen MR) is 156 cm³/mol. The van der Waals surface area contributed by atoms with Gasteiger partial charge >= 0.3 is 29.4 Å². The number of imidazole rings is 1. The largest absolute Gasteiger partial charge is 0.490 e. The Morgan fingerprint density at radius 2 is 1.91 bits per heavy atom. The van der Waals surface area contributed by atoms with Gasteiger partial charge in [0.25, 0.3) is 5.56 Å². The number of esters is 1. The van der Waals surface area contributed by atoms with Gasteiger partial charge in [-0.3, -0.25) is 18.9 Å². The minimum absolute atomic E-state index is 0.0168. The molecule has 1 aromatic carbocycles. The van der Waals surface area contributed by atoms with Gasteiger partial charge in [-0.1, -0.05) is 39.8 Å². The Morgan fingerprint density at radius 1 is 1.20 bits per heavy atom. The highest BCUT2D eigenvalue weighted by molar-refractivity contribution is 8.76. The fraction of sp³-hybridized carbons (Fsp3) is 0.400. The maximum absolute atomic E-state index is 13.4. The zero-order chi connectivity index (χ0) is 32.4. The van der Waals surface area contributed by atoms with Crippen molar-refractivity contribution in [2.24, 2.45) is 0 Å². The molecular formula is C20H26N5O14P3S2. The first kappa shape index (κ1) is 34.8. The lowest BCUT2D eigenvalue weighted by molar-refractivity contribution is -0.0490. The van der Waals surface area contributed by atoms with Crippen molar-refractivity contribution < 1.29 is 60.7 Å². The number of carbonyl (C=O) groups is 1. The van der Waals surface area contributed by atoms with Crippen molar-refractivity contribution in [2.75, 3.05) is 18.6 Å². The molecule has 2 aromatic heterocycles. The summed E-state index contributed by atoms with van der Waals surface area (Å²) in [6.07, 6.45) is -0.577. The van der Waals surface area contributed by atoms with Crippen LogP contribution in [0.5, 0.6) is 0 Å². The van der Waals surface area contributed by atoms with Crippen molar-refractivity contribution >= 4 is 68.1 Å². The van der Waals surface area contributed by atoms with E-state index >= 15 is 0 Å². The van der Waals surface area contributed by atoms with Gasteiger partial charge in [0, 0.05) is 11.7 Å². The van der Waals surface area contributed by atoms with Crippen LogP contribution in [0.25, 0.3) is 11.2 Å². The van der Waals surface area contributed by atoms with Gasteiger partial charge in [-0.25, -0.2) is 23.5 Å². The van der Waals surface area contributed by atoms with Crippen LogP contribution in [0.1, 0.15) is 40.7 Å². The number of anilines is 1. The topological polar surface area (TPSA) is 285 Å². The van der Waals surface area contributed by atoms with E-state index in [4.69, 9.17) is 29.5 Å². The van der Waals surface area contributed by atoms with Gasteiger partial charge < -0.3 is 34.8 Å². The Kier molecular flexibility index (Phi) is 10.8. The molecule has 19 nitrogen and oxygen atoms in total. The smallest absolute Gasteiger partial charge is 0.456 e. The number of aromatic nitrogens is 4. The number of ether oxygens (including phenoxy) is 2. The van der Waals surface area contributed by atoms with Gasteiger partial charge in [-0.15, -0.1) is 0 Å². The summed E-state index contributed by atoms with van der Waals surface area (Å²) in [5.74, 6) is -0.982. The highest BCUT2D eigenvalue weighted by Crippen LogP contribution is 2.66. The molecule has 6 atom stereocenters. The van der Waals surface area contributed by atoms with Gasteiger partial charge in [0.05, 0.1) is 18.5 Å². The number of nitrogens with one attached hydrogen (secondary N) is 1. The maximum atomic E-state index is 13.4. The van der Waals surface area contributed by atoms with E-state index in [0.717, 1.165) is 0 Å². The highest BCUT2D eigenvalue weighted by Gasteiger charge is 2.44. The molecular weight excluding hydrogens is 691 g/mol. The van der Waals surface area contributed by atoms with E-state index in [0.29, 0.717) is 5.56 Å². The third-order valence-corrected chi connectivity index (χ3v) is 11.9. The number of nitrogens with two attached hydrogens (primary N) is 1. The van der Waals surface area contributed by atoms with Gasteiger partial charge in [0.15, 0.2) is 11.2 Å². The number of phosphoric acid groups is 3. The van der Waals surface area contributed by atoms with Crippen molar-refractivity contribution in [3.63, 3.8) is 0 Å². The van der Waals surface area contributed by atoms with Crippen LogP contribution in [-0.4, -0.2) is 70.1 Å². The standard InChI is InChI=1S/C20H26N5O14P3S2/c1-10(44-43-2)11-5-3-4-6-12(11)19(27)37-13-7-15(25-9-22-16-17(25)23-20(21)24-18(16)26)36-14(13)8-35-41(31,32)39-42(33,34)38-40(28,29)30/h3-6,9-10,13-15H,7-8H2,1-2H3,(H,31,32)(H,33,34)(H2,28,29,30)(H3,21,23,24,26)/t10?,13?,14-,15-/m1/s1. The minimum Gasteiger partial charge on any atom is -0.456 e. The lowest BCUT2D eigenvalue weighted by atomic mass is 10.0. The van der Waals surface area contributed by atoms with Gasteiger partial charge in [-0.05, 0) is 24.8 Å². The maximum Gasteiger partial charge on any atom is 0.490 e. The molecule has 0 spiro atoms. The molecule has 4 unspecified atom stereocenters. The summed E-state index contributed by atoms with van der Waals surface area (Å²) in [6.45, 7) is 0.999. The molecule has 7 N–H and O–H groups in total. The molecule has 1 saturated heterocycles. The molecule has 242 valence electrons. The number of carbonyl (C=O) groups excluding carboxylic acids is 1. The number of aromatic amines is 1. The van der Waals surface area contributed by atoms with E-state index in [1.54, 1.807) is 24.3 Å². The zero-order valence-corrected chi connectivity index (χ0v) is 26.9. The van der Waals surface area contributed by atoms with E-state index in [-0.39, 0.29) is 34.3 Å². The summed E-state index contributed by atoms with van der Waals surface area (Å²) >= 11 is 0. The number of H-pyrrole nitrogens is 1. The number of fused-ring (bicyclic) bond motifs is 1. The third kappa shape index (κ3) is 8.79. The van der Waals surface area contributed by atoms with Crippen LogP contribution in [0, 0.1) is 0 Å². The van der Waals surface area contributed by atoms with Gasteiger partial charge in [0.1, 0.15) is 18.4 Å². The Bertz CT molecular complexity index is 1730. The Balaban J connectivity index is 1.60. The molecule has 3 heterocycles. The number of phosphoric ester groups is 1. The second kappa shape index (κ2) is 13.7. The fourth-order valence-electron chi connectivity index (χ4n) is 4.20. The second-order valence-electron chi connectivity index (χ2n) is 8.96. The number of rotatable bonds is 13. The van der Waals surface area contributed by atoms with Crippen LogP contribution in [-0.2, 0) is 36.3 Å². The molecule has 3 aromatic rings. The molecule has 44 heavy (non-hydrogen) atoms. The number of hydrogen-bond donors (Lipinski definition) is 6. The molecule has 24 heteroatoms. The first-order valence-corrected chi connectivity index (χ1v) is 19.3. The summed E-state index contributed by atoms with van der Waals surface area (Å²) < 4.78 is 60.2. The van der Waals surface area contributed by atoms with Gasteiger partial charge in [0.2, 0.25) is 5.95 Å². The molecule has 1 aliphatic rings. The highest BCUT2D eigenvalue weighted by atomic mass is 33.1. The summed E-state index contributed by atoms with van der Waals surface area (Å²) in [4.78, 5) is 72.8. The number of hydrogen-bond acceptors (Lipinski definition) is 15. The fourth-order valence-corrected chi connectivity index (χ4v) is 9.01. The molecule has 0 saturated carbocycles. The van der Waals surface area contributed by atoms with Crippen LogP contribution >= 0.6 is 45.1 Å². The number of benzene rings is 1. The predicted octanol–water partition coefficient (Wildman–Crippen LogP) is 2.63. The molecule has 4 rings (SSSR count). The van der Waals surface area contributed by atoms with Crippen molar-refractivity contribution in [2.45, 2.75) is 37.0 Å². The Labute approximate surface area is 255 Å². The second-order valence-corrected chi connectivity index (χ2v) is 16.2. The quantitative estimate of drug-likeness (QED) is 0.0841. The molecule has 0 amide bonds. The molecule has 0 aliphatic carbocycles. The first-order valence-electron chi connectivity index (χ1n) is 12.1. The molecule has 0 radical (unpaired) electrons. The van der Waals surface area contributed by atoms with Crippen LogP contribution in [0.3, 0.4) is 0 Å². The van der Waals surface area contributed by atoms with E-state index in [1.165, 1.54) is 32.5 Å². The summed E-state index contributed by atoms with van der Waals surface area (Å²) in [7, 11) is -13.9. The van der Waals surface area contributed by atoms with E-state index in [2.05, 4.69) is 23.6 Å². The van der Waals surface area contributed by atoms with E-state index in [1.807, 2.05) is 13.2 Å². The third-order valence-electron chi connectivity index (χ3n) is 5.88. The summed E-state index contributed by atoms with van der Waals surface area (Å²) in [6, 6.07) is 6.72. The van der Waals surface area contributed by atoms with Crippen molar-refractivity contribution in [1.82, 2.24) is 19.5 Å². The van der Waals surface area contributed by atoms with E-state index < -0.39 is 60.0 Å². The van der Waals surface area contributed by atoms with Crippen molar-refractivity contribution in [1.29, 1.82) is 0 Å². The minimum atomic E-state index is -5.78. The molecule has 0 bridgehead atoms. The Morgan fingerprint density at radius 3 is 2.59 bits per heavy atom. The average Bonchev–Trinajstić information content (AvgIpc) is 3.49. The zero-order valence-electron chi connectivity index (χ0n) is 22.6.